The third kappa shape index (κ3) is 2.37. The van der Waals surface area contributed by atoms with Crippen molar-refractivity contribution in [2.45, 2.75) is 6.92 Å². The van der Waals surface area contributed by atoms with Crippen molar-refractivity contribution in [2.75, 3.05) is 0 Å². The van der Waals surface area contributed by atoms with Crippen LogP contribution in [-0.4, -0.2) is 9.97 Å². The van der Waals surface area contributed by atoms with Gasteiger partial charge in [0.25, 0.3) is 0 Å². The van der Waals surface area contributed by atoms with E-state index in [1.807, 2.05) is 0 Å². The molecule has 0 N–H and O–H groups in total. The molecule has 0 aliphatic carbocycles. The number of nitrogens with zero attached hydrogens (tertiary/aromatic N) is 2. The number of aryl methyl sites for hydroxylation is 1. The molecule has 2 rings (SSSR count). The van der Waals surface area contributed by atoms with Crippen molar-refractivity contribution in [1.29, 1.82) is 0 Å². The molecule has 0 aliphatic rings. The fraction of sp³-hybridized carbons (Fsp3) is 0.0909. The number of aromatic nitrogens is 2. The molecule has 17 heavy (non-hydrogen) atoms. The first-order valence-electron chi connectivity index (χ1n) is 4.64. The molecule has 2 aromatic rings. The van der Waals surface area contributed by atoms with Crippen molar-refractivity contribution < 1.29 is 4.39 Å². The summed E-state index contributed by atoms with van der Waals surface area (Å²) in [7, 11) is 0. The van der Waals surface area contributed by atoms with E-state index in [2.05, 4.69) is 9.97 Å². The fourth-order valence-electron chi connectivity index (χ4n) is 1.32. The molecule has 0 bridgehead atoms. The highest BCUT2D eigenvalue weighted by Crippen LogP contribution is 2.32. The summed E-state index contributed by atoms with van der Waals surface area (Å²) in [6.07, 6.45) is 0. The van der Waals surface area contributed by atoms with Crippen LogP contribution >= 0.6 is 34.8 Å². The maximum atomic E-state index is 13.3. The smallest absolute Gasteiger partial charge is 0.181 e. The molecule has 0 aliphatic heterocycles. The summed E-state index contributed by atoms with van der Waals surface area (Å²) in [5.41, 5.74) is 0.681. The van der Waals surface area contributed by atoms with Gasteiger partial charge in [-0.1, -0.05) is 40.9 Å². The minimum absolute atomic E-state index is 0.163. The van der Waals surface area contributed by atoms with Crippen LogP contribution in [0.3, 0.4) is 0 Å². The summed E-state index contributed by atoms with van der Waals surface area (Å²) < 4.78 is 13.3. The van der Waals surface area contributed by atoms with Gasteiger partial charge in [0.2, 0.25) is 0 Å². The predicted molar refractivity (Wildman–Crippen MR) is 67.2 cm³/mol. The summed E-state index contributed by atoms with van der Waals surface area (Å²) in [6, 6.07) is 5.04. The Labute approximate surface area is 112 Å². The first-order valence-corrected chi connectivity index (χ1v) is 5.78. The molecule has 0 atom stereocenters. The molecule has 0 fully saturated rings. The number of benzene rings is 1. The molecule has 0 saturated heterocycles. The summed E-state index contributed by atoms with van der Waals surface area (Å²) in [5, 5.41) is 0.464. The van der Waals surface area contributed by atoms with E-state index in [-0.39, 0.29) is 16.7 Å². The van der Waals surface area contributed by atoms with Gasteiger partial charge in [0.05, 0.1) is 15.7 Å². The Hall–Kier alpha value is -0.900. The van der Waals surface area contributed by atoms with E-state index in [0.717, 1.165) is 0 Å². The van der Waals surface area contributed by atoms with Crippen LogP contribution in [-0.2, 0) is 0 Å². The zero-order valence-corrected chi connectivity index (χ0v) is 10.9. The zero-order chi connectivity index (χ0) is 12.6. The summed E-state index contributed by atoms with van der Waals surface area (Å²) in [6.45, 7) is 1.50. The molecule has 0 amide bonds. The summed E-state index contributed by atoms with van der Waals surface area (Å²) >= 11 is 17.6. The van der Waals surface area contributed by atoms with E-state index in [1.54, 1.807) is 18.2 Å². The molecule has 0 unspecified atom stereocenters. The molecule has 0 spiro atoms. The van der Waals surface area contributed by atoms with Crippen molar-refractivity contribution >= 4 is 34.8 Å². The molecular formula is C11H6Cl3FN2. The van der Waals surface area contributed by atoms with E-state index in [0.29, 0.717) is 15.6 Å². The Morgan fingerprint density at radius 1 is 1.12 bits per heavy atom. The minimum Gasteiger partial charge on any atom is -0.230 e. The Kier molecular flexibility index (Phi) is 3.52. The molecule has 88 valence electrons. The van der Waals surface area contributed by atoms with E-state index in [9.17, 15) is 4.39 Å². The first kappa shape index (κ1) is 12.6. The lowest BCUT2D eigenvalue weighted by Crippen LogP contribution is -1.97. The Bertz CT molecular complexity index is 564. The largest absolute Gasteiger partial charge is 0.230 e. The fourth-order valence-corrected chi connectivity index (χ4v) is 1.92. The standard InChI is InChI=1S/C11H6Cl3FN2/c1-5-9(15)10(14)17-11(16-5)6-3-2-4-7(12)8(6)13/h2-4H,1H3. The van der Waals surface area contributed by atoms with Crippen LogP contribution in [0.4, 0.5) is 4.39 Å². The van der Waals surface area contributed by atoms with Gasteiger partial charge in [-0.3, -0.25) is 0 Å². The third-order valence-electron chi connectivity index (χ3n) is 2.17. The van der Waals surface area contributed by atoms with Crippen LogP contribution in [0.2, 0.25) is 15.2 Å². The number of hydrogen-bond donors (Lipinski definition) is 0. The maximum Gasteiger partial charge on any atom is 0.181 e. The average Bonchev–Trinajstić information content (AvgIpc) is 2.29. The van der Waals surface area contributed by atoms with E-state index in [4.69, 9.17) is 34.8 Å². The van der Waals surface area contributed by atoms with Gasteiger partial charge >= 0.3 is 0 Å². The van der Waals surface area contributed by atoms with Gasteiger partial charge in [0, 0.05) is 5.56 Å². The van der Waals surface area contributed by atoms with Crippen LogP contribution in [0.1, 0.15) is 5.69 Å². The first-order chi connectivity index (χ1) is 8.00. The molecule has 6 heteroatoms. The van der Waals surface area contributed by atoms with Crippen LogP contribution in [0.5, 0.6) is 0 Å². The molecule has 1 aromatic carbocycles. The SMILES string of the molecule is Cc1nc(-c2cccc(Cl)c2Cl)nc(Cl)c1F. The summed E-state index contributed by atoms with van der Waals surface area (Å²) in [4.78, 5) is 7.83. The molecule has 0 saturated carbocycles. The number of hydrogen-bond acceptors (Lipinski definition) is 2. The lowest BCUT2D eigenvalue weighted by molar-refractivity contribution is 0.603. The Morgan fingerprint density at radius 3 is 2.47 bits per heavy atom. The summed E-state index contributed by atoms with van der Waals surface area (Å²) in [5.74, 6) is -0.380. The van der Waals surface area contributed by atoms with Gasteiger partial charge in [-0.2, -0.15) is 0 Å². The van der Waals surface area contributed by atoms with Gasteiger partial charge in [-0.05, 0) is 19.1 Å². The van der Waals surface area contributed by atoms with Gasteiger partial charge in [-0.25, -0.2) is 14.4 Å². The highest BCUT2D eigenvalue weighted by Gasteiger charge is 2.14. The highest BCUT2D eigenvalue weighted by atomic mass is 35.5. The predicted octanol–water partition coefficient (Wildman–Crippen LogP) is 4.55. The quantitative estimate of drug-likeness (QED) is 0.720. The molecule has 1 heterocycles. The van der Waals surface area contributed by atoms with Crippen LogP contribution in [0.25, 0.3) is 11.4 Å². The lowest BCUT2D eigenvalue weighted by Gasteiger charge is -2.06. The van der Waals surface area contributed by atoms with Crippen molar-refractivity contribution in [1.82, 2.24) is 9.97 Å². The van der Waals surface area contributed by atoms with Crippen LogP contribution in [0, 0.1) is 12.7 Å². The monoisotopic (exact) mass is 290 g/mol. The molecular weight excluding hydrogens is 285 g/mol. The molecule has 1 aromatic heterocycles. The Morgan fingerprint density at radius 2 is 1.82 bits per heavy atom. The average molecular weight is 292 g/mol. The Balaban J connectivity index is 2.65. The van der Waals surface area contributed by atoms with Crippen molar-refractivity contribution in [3.8, 4) is 11.4 Å². The van der Waals surface area contributed by atoms with Crippen molar-refractivity contribution in [3.63, 3.8) is 0 Å². The van der Waals surface area contributed by atoms with Crippen molar-refractivity contribution in [3.05, 3.63) is 44.9 Å². The normalized spacial score (nSPS) is 10.6. The van der Waals surface area contributed by atoms with Gasteiger partial charge < -0.3 is 0 Å². The van der Waals surface area contributed by atoms with E-state index >= 15 is 0 Å². The molecule has 2 nitrogen and oxygen atoms in total. The second kappa shape index (κ2) is 4.77. The van der Waals surface area contributed by atoms with Crippen LogP contribution < -0.4 is 0 Å². The zero-order valence-electron chi connectivity index (χ0n) is 8.64. The number of rotatable bonds is 1. The van der Waals surface area contributed by atoms with Crippen LogP contribution in [0.15, 0.2) is 18.2 Å². The molecule has 0 radical (unpaired) electrons. The third-order valence-corrected chi connectivity index (χ3v) is 3.24. The second-order valence-corrected chi connectivity index (χ2v) is 4.48. The van der Waals surface area contributed by atoms with Gasteiger partial charge in [0.1, 0.15) is 0 Å². The minimum atomic E-state index is -0.631. The van der Waals surface area contributed by atoms with Gasteiger partial charge in [-0.15, -0.1) is 0 Å². The maximum absolute atomic E-state index is 13.3. The van der Waals surface area contributed by atoms with E-state index in [1.165, 1.54) is 6.92 Å². The van der Waals surface area contributed by atoms with Crippen molar-refractivity contribution in [2.24, 2.45) is 0 Å². The van der Waals surface area contributed by atoms with Gasteiger partial charge in [0.15, 0.2) is 16.8 Å². The highest BCUT2D eigenvalue weighted by molar-refractivity contribution is 6.43. The number of halogens is 4. The topological polar surface area (TPSA) is 25.8 Å². The van der Waals surface area contributed by atoms with E-state index < -0.39 is 5.82 Å². The second-order valence-electron chi connectivity index (χ2n) is 3.34. The lowest BCUT2D eigenvalue weighted by atomic mass is 10.2.